The molecule has 5 heteroatoms. The Bertz CT molecular complexity index is 484. The molecule has 20 heavy (non-hydrogen) atoms. The fraction of sp³-hybridized carbons (Fsp3) is 0.800. The third-order valence-electron chi connectivity index (χ3n) is 3.94. The molecule has 1 fully saturated rings. The first kappa shape index (κ1) is 15.0. The largest absolute Gasteiger partial charge is 0.347 e. The molecule has 1 aromatic heterocycles. The standard InChI is InChI=1S/C15H26N4O/c1-14(2,3)13-17-11(18-19-13)12(20)16-10-7-6-8-15(4,5)9-10/h10H,6-9H2,1-5H3,(H,16,20)(H,17,18,19). The molecule has 1 aliphatic carbocycles. The third-order valence-corrected chi connectivity index (χ3v) is 3.94. The summed E-state index contributed by atoms with van der Waals surface area (Å²) in [7, 11) is 0. The second-order valence-corrected chi connectivity index (χ2v) is 7.69. The molecule has 112 valence electrons. The fourth-order valence-electron chi connectivity index (χ4n) is 2.77. The molecular formula is C15H26N4O. The number of hydrogen-bond donors (Lipinski definition) is 2. The first-order valence-corrected chi connectivity index (χ1v) is 7.41. The van der Waals surface area contributed by atoms with E-state index < -0.39 is 0 Å². The number of amides is 1. The van der Waals surface area contributed by atoms with Crippen molar-refractivity contribution in [3.63, 3.8) is 0 Å². The molecule has 2 rings (SSSR count). The van der Waals surface area contributed by atoms with Crippen LogP contribution >= 0.6 is 0 Å². The highest BCUT2D eigenvalue weighted by Crippen LogP contribution is 2.35. The molecule has 0 spiro atoms. The first-order valence-electron chi connectivity index (χ1n) is 7.41. The minimum Gasteiger partial charge on any atom is -0.347 e. The second kappa shape index (κ2) is 5.19. The van der Waals surface area contributed by atoms with Gasteiger partial charge in [0, 0.05) is 11.5 Å². The molecule has 0 saturated heterocycles. The summed E-state index contributed by atoms with van der Waals surface area (Å²) >= 11 is 0. The molecule has 0 aromatic carbocycles. The Hall–Kier alpha value is -1.39. The molecule has 1 heterocycles. The van der Waals surface area contributed by atoms with E-state index in [0.29, 0.717) is 5.41 Å². The summed E-state index contributed by atoms with van der Waals surface area (Å²) in [6.07, 6.45) is 4.47. The zero-order valence-electron chi connectivity index (χ0n) is 13.2. The lowest BCUT2D eigenvalue weighted by atomic mass is 9.75. The van der Waals surface area contributed by atoms with Gasteiger partial charge in [-0.05, 0) is 24.7 Å². The number of carbonyl (C=O) groups excluding carboxylic acids is 1. The van der Waals surface area contributed by atoms with Crippen LogP contribution in [0.5, 0.6) is 0 Å². The quantitative estimate of drug-likeness (QED) is 0.874. The SMILES string of the molecule is CC1(C)CCCC(NC(=O)c2n[nH]c(C(C)(C)C)n2)C1. The van der Waals surface area contributed by atoms with E-state index in [1.54, 1.807) is 0 Å². The summed E-state index contributed by atoms with van der Waals surface area (Å²) in [5, 5.41) is 9.97. The van der Waals surface area contributed by atoms with Crippen LogP contribution in [0.15, 0.2) is 0 Å². The van der Waals surface area contributed by atoms with Crippen molar-refractivity contribution in [1.82, 2.24) is 20.5 Å². The van der Waals surface area contributed by atoms with E-state index in [4.69, 9.17) is 0 Å². The number of carbonyl (C=O) groups is 1. The number of rotatable bonds is 2. The molecule has 1 saturated carbocycles. The van der Waals surface area contributed by atoms with Gasteiger partial charge in [-0.15, -0.1) is 5.10 Å². The van der Waals surface area contributed by atoms with E-state index in [1.807, 2.05) is 20.8 Å². The topological polar surface area (TPSA) is 70.7 Å². The van der Waals surface area contributed by atoms with Crippen molar-refractivity contribution < 1.29 is 4.79 Å². The predicted octanol–water partition coefficient (Wildman–Crippen LogP) is 2.80. The summed E-state index contributed by atoms with van der Waals surface area (Å²) in [6, 6.07) is 0.239. The Morgan fingerprint density at radius 3 is 2.65 bits per heavy atom. The van der Waals surface area contributed by atoms with Gasteiger partial charge in [-0.2, -0.15) is 0 Å². The van der Waals surface area contributed by atoms with E-state index in [-0.39, 0.29) is 23.2 Å². The van der Waals surface area contributed by atoms with Crippen LogP contribution < -0.4 is 5.32 Å². The van der Waals surface area contributed by atoms with Crippen molar-refractivity contribution in [3.8, 4) is 0 Å². The fourth-order valence-corrected chi connectivity index (χ4v) is 2.77. The van der Waals surface area contributed by atoms with Gasteiger partial charge in [0.25, 0.3) is 5.91 Å². The van der Waals surface area contributed by atoms with Gasteiger partial charge >= 0.3 is 0 Å². The highest BCUT2D eigenvalue weighted by atomic mass is 16.2. The van der Waals surface area contributed by atoms with E-state index in [1.165, 1.54) is 12.8 Å². The number of nitrogens with zero attached hydrogens (tertiary/aromatic N) is 2. The lowest BCUT2D eigenvalue weighted by molar-refractivity contribution is 0.0892. The average molecular weight is 278 g/mol. The smallest absolute Gasteiger partial charge is 0.291 e. The van der Waals surface area contributed by atoms with Crippen molar-refractivity contribution in [2.24, 2.45) is 5.41 Å². The zero-order chi connectivity index (χ0) is 15.0. The summed E-state index contributed by atoms with van der Waals surface area (Å²) in [6.45, 7) is 10.6. The first-order chi connectivity index (χ1) is 9.17. The summed E-state index contributed by atoms with van der Waals surface area (Å²) in [5.41, 5.74) is 0.185. The monoisotopic (exact) mass is 278 g/mol. The lowest BCUT2D eigenvalue weighted by Gasteiger charge is -2.35. The van der Waals surface area contributed by atoms with E-state index >= 15 is 0 Å². The molecule has 0 aliphatic heterocycles. The Kier molecular flexibility index (Phi) is 3.89. The van der Waals surface area contributed by atoms with Gasteiger partial charge in [0.1, 0.15) is 5.82 Å². The van der Waals surface area contributed by atoms with Crippen molar-refractivity contribution in [1.29, 1.82) is 0 Å². The predicted molar refractivity (Wildman–Crippen MR) is 78.6 cm³/mol. The highest BCUT2D eigenvalue weighted by Gasteiger charge is 2.30. The van der Waals surface area contributed by atoms with E-state index in [2.05, 4.69) is 34.3 Å². The molecule has 1 aliphatic rings. The number of nitrogens with one attached hydrogen (secondary N) is 2. The molecule has 0 radical (unpaired) electrons. The Balaban J connectivity index is 2.00. The van der Waals surface area contributed by atoms with Gasteiger partial charge in [0.15, 0.2) is 0 Å². The van der Waals surface area contributed by atoms with Crippen LogP contribution in [-0.2, 0) is 5.41 Å². The molecule has 5 nitrogen and oxygen atoms in total. The molecular weight excluding hydrogens is 252 g/mol. The van der Waals surface area contributed by atoms with Crippen LogP contribution in [0, 0.1) is 5.41 Å². The van der Waals surface area contributed by atoms with Gasteiger partial charge in [0.05, 0.1) is 0 Å². The normalized spacial score (nSPS) is 22.6. The minimum atomic E-state index is -0.167. The molecule has 2 N–H and O–H groups in total. The minimum absolute atomic E-state index is 0.127. The number of aromatic nitrogens is 3. The van der Waals surface area contributed by atoms with E-state index in [9.17, 15) is 4.79 Å². The third kappa shape index (κ3) is 3.58. The summed E-state index contributed by atoms with van der Waals surface area (Å²) in [4.78, 5) is 16.5. The molecule has 1 aromatic rings. The summed E-state index contributed by atoms with van der Waals surface area (Å²) < 4.78 is 0. The molecule has 1 amide bonds. The van der Waals surface area contributed by atoms with Gasteiger partial charge in [-0.1, -0.05) is 41.0 Å². The number of H-pyrrole nitrogens is 1. The van der Waals surface area contributed by atoms with Gasteiger partial charge < -0.3 is 5.32 Å². The van der Waals surface area contributed by atoms with Gasteiger partial charge in [0.2, 0.25) is 5.82 Å². The Morgan fingerprint density at radius 2 is 2.10 bits per heavy atom. The average Bonchev–Trinajstić information content (AvgIpc) is 2.76. The summed E-state index contributed by atoms with van der Waals surface area (Å²) in [5.74, 6) is 0.823. The van der Waals surface area contributed by atoms with Crippen LogP contribution in [0.4, 0.5) is 0 Å². The van der Waals surface area contributed by atoms with Crippen LogP contribution in [0.3, 0.4) is 0 Å². The van der Waals surface area contributed by atoms with Crippen LogP contribution in [0.25, 0.3) is 0 Å². The Labute approximate surface area is 120 Å². The zero-order valence-corrected chi connectivity index (χ0v) is 13.2. The maximum atomic E-state index is 12.2. The Morgan fingerprint density at radius 1 is 1.40 bits per heavy atom. The van der Waals surface area contributed by atoms with Crippen LogP contribution in [-0.4, -0.2) is 27.1 Å². The molecule has 0 bridgehead atoms. The number of hydrogen-bond acceptors (Lipinski definition) is 3. The van der Waals surface area contributed by atoms with Crippen LogP contribution in [0.1, 0.15) is 76.7 Å². The van der Waals surface area contributed by atoms with E-state index in [0.717, 1.165) is 18.7 Å². The lowest BCUT2D eigenvalue weighted by Crippen LogP contribution is -2.41. The van der Waals surface area contributed by atoms with Crippen LogP contribution in [0.2, 0.25) is 0 Å². The van der Waals surface area contributed by atoms with Crippen molar-refractivity contribution in [2.45, 2.75) is 71.8 Å². The van der Waals surface area contributed by atoms with Crippen molar-refractivity contribution in [2.75, 3.05) is 0 Å². The van der Waals surface area contributed by atoms with Gasteiger partial charge in [-0.3, -0.25) is 9.89 Å². The van der Waals surface area contributed by atoms with Gasteiger partial charge in [-0.25, -0.2) is 4.98 Å². The molecule has 1 atom stereocenters. The van der Waals surface area contributed by atoms with Crippen molar-refractivity contribution >= 4 is 5.91 Å². The van der Waals surface area contributed by atoms with Crippen molar-refractivity contribution in [3.05, 3.63) is 11.6 Å². The maximum absolute atomic E-state index is 12.2. The second-order valence-electron chi connectivity index (χ2n) is 7.69. The maximum Gasteiger partial charge on any atom is 0.291 e. The highest BCUT2D eigenvalue weighted by molar-refractivity contribution is 5.90. The number of aromatic amines is 1. The molecule has 1 unspecified atom stereocenters.